The molecule has 2 unspecified atom stereocenters. The maximum absolute atomic E-state index is 13.3. The SMILES string of the molecule is Cc1ccc2c(c1)C(O)CC(c1ccc(F)c(Br)c1)O2. The highest BCUT2D eigenvalue weighted by Gasteiger charge is 2.28. The minimum Gasteiger partial charge on any atom is -0.485 e. The van der Waals surface area contributed by atoms with Crippen LogP contribution in [0.3, 0.4) is 0 Å². The van der Waals surface area contributed by atoms with E-state index in [2.05, 4.69) is 15.9 Å². The van der Waals surface area contributed by atoms with Crippen molar-refractivity contribution in [1.29, 1.82) is 0 Å². The van der Waals surface area contributed by atoms with Crippen molar-refractivity contribution in [1.82, 2.24) is 0 Å². The summed E-state index contributed by atoms with van der Waals surface area (Å²) in [6.45, 7) is 1.98. The number of aliphatic hydroxyl groups is 1. The van der Waals surface area contributed by atoms with Crippen molar-refractivity contribution < 1.29 is 14.2 Å². The van der Waals surface area contributed by atoms with Gasteiger partial charge in [0.1, 0.15) is 17.7 Å². The Labute approximate surface area is 125 Å². The molecule has 3 rings (SSSR count). The summed E-state index contributed by atoms with van der Waals surface area (Å²) >= 11 is 3.18. The van der Waals surface area contributed by atoms with E-state index in [9.17, 15) is 9.50 Å². The minimum absolute atomic E-state index is 0.267. The van der Waals surface area contributed by atoms with Gasteiger partial charge in [0.2, 0.25) is 0 Å². The van der Waals surface area contributed by atoms with Crippen LogP contribution in [0.25, 0.3) is 0 Å². The number of fused-ring (bicyclic) bond motifs is 1. The van der Waals surface area contributed by atoms with Crippen LogP contribution in [0.4, 0.5) is 4.39 Å². The minimum atomic E-state index is -0.563. The van der Waals surface area contributed by atoms with Gasteiger partial charge in [-0.15, -0.1) is 0 Å². The number of benzene rings is 2. The van der Waals surface area contributed by atoms with Gasteiger partial charge in [0, 0.05) is 12.0 Å². The van der Waals surface area contributed by atoms with Crippen molar-refractivity contribution in [2.45, 2.75) is 25.6 Å². The fraction of sp³-hybridized carbons (Fsp3) is 0.250. The third-order valence-electron chi connectivity index (χ3n) is 3.55. The Morgan fingerprint density at radius 2 is 2.05 bits per heavy atom. The maximum atomic E-state index is 13.3. The van der Waals surface area contributed by atoms with Crippen LogP contribution >= 0.6 is 15.9 Å². The molecule has 0 bridgehead atoms. The van der Waals surface area contributed by atoms with Crippen LogP contribution in [-0.4, -0.2) is 5.11 Å². The van der Waals surface area contributed by atoms with Crippen LogP contribution in [0, 0.1) is 12.7 Å². The highest BCUT2D eigenvalue weighted by Crippen LogP contribution is 2.41. The number of halogens is 2. The highest BCUT2D eigenvalue weighted by atomic mass is 79.9. The second-order valence-corrected chi connectivity index (χ2v) is 5.93. The van der Waals surface area contributed by atoms with Crippen molar-refractivity contribution in [2.75, 3.05) is 0 Å². The van der Waals surface area contributed by atoms with E-state index in [0.29, 0.717) is 16.6 Å². The highest BCUT2D eigenvalue weighted by molar-refractivity contribution is 9.10. The number of hydrogen-bond donors (Lipinski definition) is 1. The molecular formula is C16H14BrFO2. The van der Waals surface area contributed by atoms with E-state index in [1.54, 1.807) is 12.1 Å². The molecule has 0 saturated carbocycles. The molecule has 1 N–H and O–H groups in total. The lowest BCUT2D eigenvalue weighted by Gasteiger charge is -2.30. The largest absolute Gasteiger partial charge is 0.485 e. The first kappa shape index (κ1) is 13.6. The molecule has 2 nitrogen and oxygen atoms in total. The van der Waals surface area contributed by atoms with Crippen molar-refractivity contribution >= 4 is 15.9 Å². The molecule has 0 radical (unpaired) electrons. The van der Waals surface area contributed by atoms with Gasteiger partial charge in [0.15, 0.2) is 0 Å². The zero-order chi connectivity index (χ0) is 14.3. The van der Waals surface area contributed by atoms with Gasteiger partial charge in [-0.25, -0.2) is 4.39 Å². The maximum Gasteiger partial charge on any atom is 0.137 e. The zero-order valence-corrected chi connectivity index (χ0v) is 12.5. The molecule has 2 aromatic rings. The summed E-state index contributed by atoms with van der Waals surface area (Å²) in [6.07, 6.45) is -0.362. The standard InChI is InChI=1S/C16H14BrFO2/c1-9-2-5-15-11(6-9)14(19)8-16(20-15)10-3-4-13(18)12(17)7-10/h2-7,14,16,19H,8H2,1H3. The average molecular weight is 337 g/mol. The Morgan fingerprint density at radius 1 is 1.25 bits per heavy atom. The van der Waals surface area contributed by atoms with Gasteiger partial charge in [-0.05, 0) is 52.7 Å². The third-order valence-corrected chi connectivity index (χ3v) is 4.15. The Kier molecular flexibility index (Phi) is 3.52. The van der Waals surface area contributed by atoms with Crippen LogP contribution < -0.4 is 4.74 Å². The molecular weight excluding hydrogens is 323 g/mol. The monoisotopic (exact) mass is 336 g/mol. The van der Waals surface area contributed by atoms with Gasteiger partial charge in [-0.1, -0.05) is 17.7 Å². The molecule has 2 aromatic carbocycles. The van der Waals surface area contributed by atoms with Crippen molar-refractivity contribution in [3.63, 3.8) is 0 Å². The Bertz CT molecular complexity index is 657. The predicted molar refractivity (Wildman–Crippen MR) is 78.2 cm³/mol. The molecule has 0 fully saturated rings. The number of aryl methyl sites for hydroxylation is 1. The number of aliphatic hydroxyl groups excluding tert-OH is 1. The molecule has 20 heavy (non-hydrogen) atoms. The first-order valence-corrected chi connectivity index (χ1v) is 7.24. The van der Waals surface area contributed by atoms with Crippen LogP contribution in [0.5, 0.6) is 5.75 Å². The smallest absolute Gasteiger partial charge is 0.137 e. The lowest BCUT2D eigenvalue weighted by Crippen LogP contribution is -2.19. The van der Waals surface area contributed by atoms with E-state index in [-0.39, 0.29) is 11.9 Å². The van der Waals surface area contributed by atoms with Gasteiger partial charge < -0.3 is 9.84 Å². The van der Waals surface area contributed by atoms with E-state index in [4.69, 9.17) is 4.74 Å². The molecule has 1 aliphatic rings. The Morgan fingerprint density at radius 3 is 2.80 bits per heavy atom. The van der Waals surface area contributed by atoms with E-state index in [0.717, 1.165) is 16.7 Å². The van der Waals surface area contributed by atoms with Crippen molar-refractivity contribution in [3.8, 4) is 5.75 Å². The lowest BCUT2D eigenvalue weighted by molar-refractivity contribution is 0.0656. The van der Waals surface area contributed by atoms with E-state index in [1.807, 2.05) is 25.1 Å². The van der Waals surface area contributed by atoms with E-state index >= 15 is 0 Å². The second kappa shape index (κ2) is 5.19. The summed E-state index contributed by atoms with van der Waals surface area (Å²) in [6, 6.07) is 10.6. The summed E-state index contributed by atoms with van der Waals surface area (Å²) in [5.74, 6) is 0.390. The number of ether oxygens (including phenoxy) is 1. The van der Waals surface area contributed by atoms with E-state index < -0.39 is 6.10 Å². The summed E-state index contributed by atoms with van der Waals surface area (Å²) in [4.78, 5) is 0. The lowest BCUT2D eigenvalue weighted by atomic mass is 9.94. The zero-order valence-electron chi connectivity index (χ0n) is 10.9. The summed E-state index contributed by atoms with van der Waals surface area (Å²) < 4.78 is 19.6. The van der Waals surface area contributed by atoms with Gasteiger partial charge in [0.05, 0.1) is 10.6 Å². The van der Waals surface area contributed by atoms with Crippen LogP contribution in [-0.2, 0) is 0 Å². The second-order valence-electron chi connectivity index (χ2n) is 5.07. The molecule has 0 amide bonds. The first-order valence-electron chi connectivity index (χ1n) is 6.45. The molecule has 0 spiro atoms. The molecule has 0 aromatic heterocycles. The van der Waals surface area contributed by atoms with Gasteiger partial charge in [-0.2, -0.15) is 0 Å². The van der Waals surface area contributed by atoms with Crippen LogP contribution in [0.1, 0.15) is 35.3 Å². The van der Waals surface area contributed by atoms with Gasteiger partial charge in [0.25, 0.3) is 0 Å². The van der Waals surface area contributed by atoms with Crippen molar-refractivity contribution in [3.05, 3.63) is 63.4 Å². The Balaban J connectivity index is 1.94. The van der Waals surface area contributed by atoms with E-state index in [1.165, 1.54) is 6.07 Å². The van der Waals surface area contributed by atoms with Crippen molar-refractivity contribution in [2.24, 2.45) is 0 Å². The normalized spacial score (nSPS) is 21.2. The molecule has 104 valence electrons. The molecule has 2 atom stereocenters. The van der Waals surface area contributed by atoms with Gasteiger partial charge in [-0.3, -0.25) is 0 Å². The fourth-order valence-corrected chi connectivity index (χ4v) is 2.88. The average Bonchev–Trinajstić information content (AvgIpc) is 2.42. The Hall–Kier alpha value is -1.39. The van der Waals surface area contributed by atoms with Gasteiger partial charge >= 0.3 is 0 Å². The number of hydrogen-bond acceptors (Lipinski definition) is 2. The molecule has 0 saturated heterocycles. The summed E-state index contributed by atoms with van der Waals surface area (Å²) in [7, 11) is 0. The first-order chi connectivity index (χ1) is 9.54. The molecule has 4 heteroatoms. The third kappa shape index (κ3) is 2.45. The molecule has 1 aliphatic heterocycles. The summed E-state index contributed by atoms with van der Waals surface area (Å²) in [5.41, 5.74) is 2.76. The quantitative estimate of drug-likeness (QED) is 0.833. The molecule has 1 heterocycles. The summed E-state index contributed by atoms with van der Waals surface area (Å²) in [5, 5.41) is 10.3. The molecule has 0 aliphatic carbocycles. The van der Waals surface area contributed by atoms with Crippen LogP contribution in [0.2, 0.25) is 0 Å². The fourth-order valence-electron chi connectivity index (χ4n) is 2.48. The topological polar surface area (TPSA) is 29.5 Å². The van der Waals surface area contributed by atoms with Crippen LogP contribution in [0.15, 0.2) is 40.9 Å². The predicted octanol–water partition coefficient (Wildman–Crippen LogP) is 4.45. The number of rotatable bonds is 1.